The summed E-state index contributed by atoms with van der Waals surface area (Å²) in [5, 5.41) is 9.48. The maximum absolute atomic E-state index is 12.1. The lowest BCUT2D eigenvalue weighted by atomic mass is 10.2. The minimum atomic E-state index is -0.420. The van der Waals surface area contributed by atoms with E-state index < -0.39 is 5.97 Å². The second-order valence-corrected chi connectivity index (χ2v) is 6.39. The topological polar surface area (TPSA) is 71.2 Å². The Balaban J connectivity index is 1.81. The van der Waals surface area contributed by atoms with E-state index in [1.807, 2.05) is 67.8 Å². The molecule has 0 bridgehead atoms. The van der Waals surface area contributed by atoms with Crippen molar-refractivity contribution in [2.75, 3.05) is 13.7 Å². The molecule has 7 nitrogen and oxygen atoms in total. The van der Waals surface area contributed by atoms with E-state index in [1.54, 1.807) is 11.7 Å². The van der Waals surface area contributed by atoms with Gasteiger partial charge in [0.25, 0.3) is 0 Å². The molecule has 2 heterocycles. The molecular weight excluding hydrogens is 356 g/mol. The fraction of sp³-hybridized carbons (Fsp3) is 0.190. The van der Waals surface area contributed by atoms with Crippen molar-refractivity contribution in [3.05, 3.63) is 60.8 Å². The van der Waals surface area contributed by atoms with Crippen LogP contribution in [0.15, 0.2) is 60.8 Å². The molecule has 0 saturated carbocycles. The highest BCUT2D eigenvalue weighted by atomic mass is 16.6. The van der Waals surface area contributed by atoms with E-state index in [-0.39, 0.29) is 19.0 Å². The molecule has 0 radical (unpaired) electrons. The molecule has 4 rings (SSSR count). The van der Waals surface area contributed by atoms with Gasteiger partial charge in [-0.25, -0.2) is 4.57 Å². The Morgan fingerprint density at radius 3 is 2.68 bits per heavy atom. The number of methoxy groups -OCH3 is 1. The van der Waals surface area contributed by atoms with Crippen molar-refractivity contribution in [1.29, 1.82) is 0 Å². The van der Waals surface area contributed by atoms with Crippen LogP contribution in [0.3, 0.4) is 0 Å². The molecule has 0 fully saturated rings. The number of benzene rings is 2. The summed E-state index contributed by atoms with van der Waals surface area (Å²) in [6, 6.07) is 17.9. The second kappa shape index (κ2) is 7.66. The Morgan fingerprint density at radius 2 is 1.89 bits per heavy atom. The first-order valence-electron chi connectivity index (χ1n) is 8.93. The van der Waals surface area contributed by atoms with Gasteiger partial charge in [-0.2, -0.15) is 0 Å². The molecule has 7 heteroatoms. The lowest BCUT2D eigenvalue weighted by Gasteiger charge is -2.11. The third-order valence-electron chi connectivity index (χ3n) is 4.51. The Morgan fingerprint density at radius 1 is 1.07 bits per heavy atom. The SMILES string of the molecule is COCCC(=O)Oc1nnc(-c2ccccc2)n1-c1ccc2c(ccn2C)c1. The van der Waals surface area contributed by atoms with Crippen LogP contribution in [0.5, 0.6) is 6.01 Å². The van der Waals surface area contributed by atoms with Crippen LogP contribution in [0.1, 0.15) is 6.42 Å². The highest BCUT2D eigenvalue weighted by Crippen LogP contribution is 2.28. The maximum atomic E-state index is 12.1. The molecular formula is C21H20N4O3. The van der Waals surface area contributed by atoms with E-state index in [0.717, 1.165) is 22.2 Å². The number of nitrogens with zero attached hydrogens (tertiary/aromatic N) is 4. The average molecular weight is 376 g/mol. The van der Waals surface area contributed by atoms with E-state index in [1.165, 1.54) is 0 Å². The number of ether oxygens (including phenoxy) is 2. The van der Waals surface area contributed by atoms with E-state index in [4.69, 9.17) is 9.47 Å². The van der Waals surface area contributed by atoms with Gasteiger partial charge in [-0.1, -0.05) is 35.4 Å². The molecule has 0 aliphatic rings. The number of carbonyl (C=O) groups is 1. The largest absolute Gasteiger partial charge is 0.391 e. The van der Waals surface area contributed by atoms with Gasteiger partial charge in [-0.15, -0.1) is 5.10 Å². The Labute approximate surface area is 162 Å². The average Bonchev–Trinajstić information content (AvgIpc) is 3.30. The van der Waals surface area contributed by atoms with Crippen LogP contribution in [0, 0.1) is 0 Å². The van der Waals surface area contributed by atoms with Crippen LogP contribution in [0.2, 0.25) is 0 Å². The Kier molecular flexibility index (Phi) is 4.90. The minimum Gasteiger partial charge on any atom is -0.391 e. The highest BCUT2D eigenvalue weighted by molar-refractivity contribution is 5.83. The second-order valence-electron chi connectivity index (χ2n) is 6.39. The standard InChI is InChI=1S/C21H20N4O3/c1-24-12-10-16-14-17(8-9-18(16)24)25-20(15-6-4-3-5-7-15)22-23-21(25)28-19(26)11-13-27-2/h3-10,12,14H,11,13H2,1-2H3. The number of hydrogen-bond donors (Lipinski definition) is 0. The van der Waals surface area contributed by atoms with Crippen molar-refractivity contribution < 1.29 is 14.3 Å². The first-order chi connectivity index (χ1) is 13.7. The number of aryl methyl sites for hydroxylation is 1. The summed E-state index contributed by atoms with van der Waals surface area (Å²) in [7, 11) is 3.54. The van der Waals surface area contributed by atoms with Gasteiger partial charge in [0, 0.05) is 36.8 Å². The lowest BCUT2D eigenvalue weighted by Crippen LogP contribution is -2.13. The molecule has 0 saturated heterocycles. The highest BCUT2D eigenvalue weighted by Gasteiger charge is 2.19. The van der Waals surface area contributed by atoms with Crippen LogP contribution < -0.4 is 4.74 Å². The zero-order valence-electron chi connectivity index (χ0n) is 15.7. The molecule has 0 spiro atoms. The summed E-state index contributed by atoms with van der Waals surface area (Å²) in [5.41, 5.74) is 2.80. The van der Waals surface area contributed by atoms with Gasteiger partial charge in [-0.3, -0.25) is 4.79 Å². The number of carbonyl (C=O) groups excluding carboxylic acids is 1. The Bertz CT molecular complexity index is 1120. The third kappa shape index (κ3) is 3.39. The van der Waals surface area contributed by atoms with Crippen molar-refractivity contribution in [2.45, 2.75) is 6.42 Å². The Hall–Kier alpha value is -3.45. The van der Waals surface area contributed by atoms with E-state index in [2.05, 4.69) is 14.8 Å². The smallest absolute Gasteiger partial charge is 0.329 e. The van der Waals surface area contributed by atoms with Gasteiger partial charge in [0.1, 0.15) is 0 Å². The van der Waals surface area contributed by atoms with Crippen molar-refractivity contribution in [3.8, 4) is 23.1 Å². The van der Waals surface area contributed by atoms with Gasteiger partial charge in [0.05, 0.1) is 18.7 Å². The normalized spacial score (nSPS) is 11.1. The molecule has 0 unspecified atom stereocenters. The van der Waals surface area contributed by atoms with Crippen LogP contribution in [0.4, 0.5) is 0 Å². The van der Waals surface area contributed by atoms with Gasteiger partial charge in [0.2, 0.25) is 0 Å². The zero-order chi connectivity index (χ0) is 19.5. The molecule has 142 valence electrons. The number of aromatic nitrogens is 4. The van der Waals surface area contributed by atoms with Gasteiger partial charge >= 0.3 is 12.0 Å². The van der Waals surface area contributed by atoms with Crippen LogP contribution in [0.25, 0.3) is 28.0 Å². The molecule has 0 N–H and O–H groups in total. The van der Waals surface area contributed by atoms with Crippen LogP contribution >= 0.6 is 0 Å². The molecule has 28 heavy (non-hydrogen) atoms. The van der Waals surface area contributed by atoms with Crippen molar-refractivity contribution >= 4 is 16.9 Å². The molecule has 0 aliphatic heterocycles. The quantitative estimate of drug-likeness (QED) is 0.483. The predicted octanol–water partition coefficient (Wildman–Crippen LogP) is 3.37. The third-order valence-corrected chi connectivity index (χ3v) is 4.51. The molecule has 0 aliphatic carbocycles. The van der Waals surface area contributed by atoms with Gasteiger partial charge in [-0.05, 0) is 24.3 Å². The monoisotopic (exact) mass is 376 g/mol. The summed E-state index contributed by atoms with van der Waals surface area (Å²) < 4.78 is 14.2. The molecule has 0 amide bonds. The van der Waals surface area contributed by atoms with E-state index >= 15 is 0 Å². The summed E-state index contributed by atoms with van der Waals surface area (Å²) in [4.78, 5) is 12.1. The molecule has 4 aromatic rings. The number of fused-ring (bicyclic) bond motifs is 1. The summed E-state index contributed by atoms with van der Waals surface area (Å²) in [5.74, 6) is 0.182. The fourth-order valence-corrected chi connectivity index (χ4v) is 3.09. The number of esters is 1. The predicted molar refractivity (Wildman–Crippen MR) is 105 cm³/mol. The summed E-state index contributed by atoms with van der Waals surface area (Å²) in [6.07, 6.45) is 2.14. The minimum absolute atomic E-state index is 0.134. The van der Waals surface area contributed by atoms with E-state index in [0.29, 0.717) is 5.82 Å². The summed E-state index contributed by atoms with van der Waals surface area (Å²) in [6.45, 7) is 0.286. The molecule has 0 atom stereocenters. The fourth-order valence-electron chi connectivity index (χ4n) is 3.09. The first-order valence-corrected chi connectivity index (χ1v) is 8.93. The van der Waals surface area contributed by atoms with Gasteiger partial charge < -0.3 is 14.0 Å². The van der Waals surface area contributed by atoms with Gasteiger partial charge in [0.15, 0.2) is 5.82 Å². The summed E-state index contributed by atoms with van der Waals surface area (Å²) >= 11 is 0. The first kappa shape index (κ1) is 17.9. The number of rotatable bonds is 6. The van der Waals surface area contributed by atoms with Crippen LogP contribution in [-0.2, 0) is 16.6 Å². The number of hydrogen-bond acceptors (Lipinski definition) is 5. The molecule has 2 aromatic heterocycles. The van der Waals surface area contributed by atoms with E-state index in [9.17, 15) is 4.79 Å². The van der Waals surface area contributed by atoms with Crippen molar-refractivity contribution in [1.82, 2.24) is 19.3 Å². The zero-order valence-corrected chi connectivity index (χ0v) is 15.7. The lowest BCUT2D eigenvalue weighted by molar-refractivity contribution is -0.136. The van der Waals surface area contributed by atoms with Crippen LogP contribution in [-0.4, -0.2) is 39.0 Å². The van der Waals surface area contributed by atoms with Crippen molar-refractivity contribution in [2.24, 2.45) is 7.05 Å². The van der Waals surface area contributed by atoms with Crippen molar-refractivity contribution in [3.63, 3.8) is 0 Å². The maximum Gasteiger partial charge on any atom is 0.329 e. The molecule has 2 aromatic carbocycles.